The summed E-state index contributed by atoms with van der Waals surface area (Å²) in [5.41, 5.74) is 16.4. The Morgan fingerprint density at radius 2 is 0.863 bits per heavy atom. The molecule has 2 aliphatic carbocycles. The van der Waals surface area contributed by atoms with Crippen molar-refractivity contribution in [3.63, 3.8) is 0 Å². The van der Waals surface area contributed by atoms with Crippen LogP contribution in [0.15, 0.2) is 176 Å². The molecule has 51 heavy (non-hydrogen) atoms. The Hall–Kier alpha value is -6.22. The van der Waals surface area contributed by atoms with Crippen LogP contribution in [0.3, 0.4) is 0 Å². The molecule has 0 bridgehead atoms. The zero-order chi connectivity index (χ0) is 33.3. The van der Waals surface area contributed by atoms with Crippen LogP contribution in [0, 0.1) is 0 Å². The average molecular weight is 664 g/mol. The first kappa shape index (κ1) is 27.6. The van der Waals surface area contributed by atoms with Gasteiger partial charge >= 0.3 is 0 Å². The van der Waals surface area contributed by atoms with E-state index >= 15 is 0 Å². The van der Waals surface area contributed by atoms with E-state index in [1.165, 1.54) is 103 Å². The van der Waals surface area contributed by atoms with Crippen LogP contribution in [0.1, 0.15) is 22.3 Å². The molecule has 2 heterocycles. The quantitative estimate of drug-likeness (QED) is 0.173. The molecule has 0 saturated carbocycles. The van der Waals surface area contributed by atoms with Crippen molar-refractivity contribution in [2.75, 3.05) is 0 Å². The van der Waals surface area contributed by atoms with Gasteiger partial charge in [-0.15, -0.1) is 11.3 Å². The van der Waals surface area contributed by atoms with Gasteiger partial charge in [-0.25, -0.2) is 0 Å². The van der Waals surface area contributed by atoms with Crippen molar-refractivity contribution >= 4 is 53.3 Å². The summed E-state index contributed by atoms with van der Waals surface area (Å²) in [6.07, 6.45) is 0. The summed E-state index contributed by atoms with van der Waals surface area (Å²) in [6, 6.07) is 66.1. The Morgan fingerprint density at radius 3 is 1.59 bits per heavy atom. The van der Waals surface area contributed by atoms with Crippen LogP contribution in [0.2, 0.25) is 0 Å². The molecule has 2 aliphatic rings. The highest BCUT2D eigenvalue weighted by molar-refractivity contribution is 7.25. The zero-order valence-electron chi connectivity index (χ0n) is 27.6. The molecule has 0 radical (unpaired) electrons. The van der Waals surface area contributed by atoms with E-state index in [9.17, 15) is 0 Å². The topological polar surface area (TPSA) is 4.93 Å². The number of fused-ring (bicyclic) bond motifs is 16. The normalized spacial score (nSPS) is 13.6. The van der Waals surface area contributed by atoms with Crippen LogP contribution < -0.4 is 0 Å². The predicted molar refractivity (Wildman–Crippen MR) is 215 cm³/mol. The molecular weight excluding hydrogens is 635 g/mol. The molecule has 1 spiro atoms. The van der Waals surface area contributed by atoms with Gasteiger partial charge in [-0.2, -0.15) is 0 Å². The minimum absolute atomic E-state index is 0.440. The first-order valence-corrected chi connectivity index (χ1v) is 18.5. The molecule has 12 rings (SSSR count). The van der Waals surface area contributed by atoms with Crippen LogP contribution in [-0.2, 0) is 5.41 Å². The molecular formula is C49H29NS. The number of benzene rings is 8. The van der Waals surface area contributed by atoms with Gasteiger partial charge < -0.3 is 4.57 Å². The summed E-state index contributed by atoms with van der Waals surface area (Å²) in [5, 5.41) is 5.23. The standard InChI is InChI=1S/C49H29NS/c1-6-16-41-33(11-1)34-12-2-7-17-42(34)49(41)43-27-30(31-22-25-40-39-15-5-10-20-47(39)51-48(40)28-31)21-24-35(43)36-26-23-32(29-44(36)49)50-45-18-8-3-13-37(45)38-14-4-9-19-46(38)50/h1-29H. The van der Waals surface area contributed by atoms with Crippen molar-refractivity contribution in [2.45, 2.75) is 5.41 Å². The first-order chi connectivity index (χ1) is 25.3. The van der Waals surface area contributed by atoms with Gasteiger partial charge in [0.05, 0.1) is 16.4 Å². The third-order valence-corrected chi connectivity index (χ3v) is 12.8. The summed E-state index contributed by atoms with van der Waals surface area (Å²) >= 11 is 1.89. The fourth-order valence-corrected chi connectivity index (χ4v) is 10.7. The highest BCUT2D eigenvalue weighted by atomic mass is 32.1. The highest BCUT2D eigenvalue weighted by Crippen LogP contribution is 2.63. The number of nitrogens with zero attached hydrogens (tertiary/aromatic N) is 1. The molecule has 0 unspecified atom stereocenters. The third-order valence-electron chi connectivity index (χ3n) is 11.6. The molecule has 0 aliphatic heterocycles. The Labute approximate surface area is 299 Å². The van der Waals surface area contributed by atoms with Crippen molar-refractivity contribution < 1.29 is 0 Å². The van der Waals surface area contributed by atoms with Crippen molar-refractivity contribution in [3.05, 3.63) is 198 Å². The van der Waals surface area contributed by atoms with E-state index in [1.54, 1.807) is 0 Å². The lowest BCUT2D eigenvalue weighted by molar-refractivity contribution is 0.793. The Morgan fingerprint density at radius 1 is 0.353 bits per heavy atom. The van der Waals surface area contributed by atoms with Gasteiger partial charge in [0.1, 0.15) is 0 Å². The Bertz CT molecular complexity index is 3000. The van der Waals surface area contributed by atoms with Gasteiger partial charge in [-0.1, -0.05) is 133 Å². The van der Waals surface area contributed by atoms with E-state index in [-0.39, 0.29) is 0 Å². The van der Waals surface area contributed by atoms with Crippen LogP contribution in [-0.4, -0.2) is 4.57 Å². The van der Waals surface area contributed by atoms with E-state index in [0.717, 1.165) is 0 Å². The fraction of sp³-hybridized carbons (Fsp3) is 0.0204. The summed E-state index contributed by atoms with van der Waals surface area (Å²) in [4.78, 5) is 0. The second-order valence-corrected chi connectivity index (χ2v) is 15.1. The molecule has 1 nitrogen and oxygen atoms in total. The van der Waals surface area contributed by atoms with E-state index in [4.69, 9.17) is 0 Å². The lowest BCUT2D eigenvalue weighted by atomic mass is 9.70. The Kier molecular flexibility index (Phi) is 5.38. The van der Waals surface area contributed by atoms with Gasteiger partial charge in [0.2, 0.25) is 0 Å². The maximum absolute atomic E-state index is 2.50. The molecule has 236 valence electrons. The maximum atomic E-state index is 2.50. The molecule has 2 aromatic heterocycles. The zero-order valence-corrected chi connectivity index (χ0v) is 28.4. The molecule has 0 atom stereocenters. The molecule has 2 heteroatoms. The molecule has 10 aromatic rings. The Balaban J connectivity index is 1.15. The lowest BCUT2D eigenvalue weighted by Gasteiger charge is -2.31. The average Bonchev–Trinajstić information content (AvgIpc) is 3.91. The van der Waals surface area contributed by atoms with Crippen molar-refractivity contribution in [2.24, 2.45) is 0 Å². The monoisotopic (exact) mass is 663 g/mol. The number of hydrogen-bond donors (Lipinski definition) is 0. The van der Waals surface area contributed by atoms with Gasteiger partial charge in [0, 0.05) is 36.6 Å². The third kappa shape index (κ3) is 3.50. The minimum atomic E-state index is -0.440. The van der Waals surface area contributed by atoms with Gasteiger partial charge in [0.15, 0.2) is 0 Å². The fourth-order valence-electron chi connectivity index (χ4n) is 9.55. The molecule has 0 fully saturated rings. The largest absolute Gasteiger partial charge is 0.309 e. The predicted octanol–water partition coefficient (Wildman–Crippen LogP) is 13.2. The highest BCUT2D eigenvalue weighted by Gasteiger charge is 2.51. The van der Waals surface area contributed by atoms with Crippen molar-refractivity contribution in [1.82, 2.24) is 4.57 Å². The maximum Gasteiger partial charge on any atom is 0.0726 e. The SMILES string of the molecule is c1ccc2c(c1)-c1ccccc1C21c2cc(-c3ccc4c(c3)sc3ccccc34)ccc2-c2ccc(-n3c4ccccc4c4ccccc43)cc21. The number of thiophene rings is 1. The summed E-state index contributed by atoms with van der Waals surface area (Å²) in [6.45, 7) is 0. The van der Waals surface area contributed by atoms with Crippen molar-refractivity contribution in [1.29, 1.82) is 0 Å². The van der Waals surface area contributed by atoms with Gasteiger partial charge in [-0.3, -0.25) is 0 Å². The lowest BCUT2D eigenvalue weighted by Crippen LogP contribution is -2.26. The first-order valence-electron chi connectivity index (χ1n) is 17.7. The molecule has 0 saturated heterocycles. The van der Waals surface area contributed by atoms with Gasteiger partial charge in [0.25, 0.3) is 0 Å². The van der Waals surface area contributed by atoms with Crippen molar-refractivity contribution in [3.8, 4) is 39.1 Å². The van der Waals surface area contributed by atoms with Crippen LogP contribution in [0.5, 0.6) is 0 Å². The second kappa shape index (κ2) is 9.94. The van der Waals surface area contributed by atoms with E-state index in [0.29, 0.717) is 0 Å². The number of aromatic nitrogens is 1. The van der Waals surface area contributed by atoms with Crippen LogP contribution in [0.25, 0.3) is 81.0 Å². The molecule has 0 amide bonds. The minimum Gasteiger partial charge on any atom is -0.309 e. The smallest absolute Gasteiger partial charge is 0.0726 e. The summed E-state index contributed by atoms with van der Waals surface area (Å²) in [5.74, 6) is 0. The molecule has 8 aromatic carbocycles. The van der Waals surface area contributed by atoms with Gasteiger partial charge in [-0.05, 0) is 98.1 Å². The van der Waals surface area contributed by atoms with E-state index in [2.05, 4.69) is 180 Å². The number of para-hydroxylation sites is 2. The van der Waals surface area contributed by atoms with E-state index in [1.807, 2.05) is 11.3 Å². The summed E-state index contributed by atoms with van der Waals surface area (Å²) < 4.78 is 5.13. The van der Waals surface area contributed by atoms with Crippen LogP contribution >= 0.6 is 11.3 Å². The molecule has 0 N–H and O–H groups in total. The van der Waals surface area contributed by atoms with Crippen LogP contribution in [0.4, 0.5) is 0 Å². The number of hydrogen-bond acceptors (Lipinski definition) is 1. The number of rotatable bonds is 2. The van der Waals surface area contributed by atoms with E-state index < -0.39 is 5.41 Å². The summed E-state index contributed by atoms with van der Waals surface area (Å²) in [7, 11) is 0. The second-order valence-electron chi connectivity index (χ2n) is 14.0.